The van der Waals surface area contributed by atoms with E-state index in [-0.39, 0.29) is 18.1 Å². The van der Waals surface area contributed by atoms with Gasteiger partial charge in [-0.1, -0.05) is 13.3 Å². The number of nitrogens with zero attached hydrogens (tertiary/aromatic N) is 4. The maximum Gasteiger partial charge on any atom is 0.407 e. The molecule has 0 saturated carbocycles. The lowest BCUT2D eigenvalue weighted by molar-refractivity contribution is -0.130. The molecule has 2 atom stereocenters. The monoisotopic (exact) mass is 409 g/mol. The molecule has 2 saturated heterocycles. The first kappa shape index (κ1) is 21.4. The van der Waals surface area contributed by atoms with Crippen molar-refractivity contribution >= 4 is 12.1 Å². The highest BCUT2D eigenvalue weighted by atomic mass is 16.7. The van der Waals surface area contributed by atoms with Gasteiger partial charge < -0.3 is 19.4 Å². The zero-order valence-electron chi connectivity index (χ0n) is 17.6. The van der Waals surface area contributed by atoms with Gasteiger partial charge >= 0.3 is 12.1 Å². The van der Waals surface area contributed by atoms with Crippen LogP contribution in [0.1, 0.15) is 71.2 Å². The third-order valence-corrected chi connectivity index (χ3v) is 4.83. The lowest BCUT2D eigenvalue weighted by Gasteiger charge is -2.27. The standard InChI is InChI=1S/C19H31N5O5/c1-5-6-11-27-24-13-7-8-14(23(12-13)18(24)26)16-22-21-15(28-16)9-10-20-17(25)29-19(2,3)4/h13-14H,5-12H2,1-4H3,(H,20,25)/t13-,14-/m0/s1. The quantitative estimate of drug-likeness (QED) is 0.657. The van der Waals surface area contributed by atoms with Gasteiger partial charge in [-0.2, -0.15) is 5.06 Å². The maximum atomic E-state index is 12.7. The Balaban J connectivity index is 1.52. The molecule has 2 bridgehead atoms. The van der Waals surface area contributed by atoms with Crippen LogP contribution in [-0.4, -0.2) is 63.6 Å². The number of rotatable bonds is 8. The Labute approximate surface area is 170 Å². The number of piperidine rings is 1. The number of aromatic nitrogens is 2. The van der Waals surface area contributed by atoms with E-state index in [9.17, 15) is 9.59 Å². The molecule has 2 aliphatic heterocycles. The van der Waals surface area contributed by atoms with E-state index in [1.807, 2.05) is 0 Å². The lowest BCUT2D eigenvalue weighted by Crippen LogP contribution is -2.34. The molecule has 29 heavy (non-hydrogen) atoms. The molecule has 0 radical (unpaired) electrons. The first-order chi connectivity index (χ1) is 13.8. The Hall–Kier alpha value is -2.36. The molecule has 0 aliphatic carbocycles. The summed E-state index contributed by atoms with van der Waals surface area (Å²) < 4.78 is 11.0. The molecule has 0 spiro atoms. The molecular formula is C19H31N5O5. The number of nitrogens with one attached hydrogen (secondary N) is 1. The van der Waals surface area contributed by atoms with Gasteiger partial charge in [0.05, 0.1) is 12.6 Å². The second-order valence-electron chi connectivity index (χ2n) is 8.41. The molecule has 1 aromatic heterocycles. The van der Waals surface area contributed by atoms with E-state index in [1.54, 1.807) is 25.7 Å². The summed E-state index contributed by atoms with van der Waals surface area (Å²) in [4.78, 5) is 31.8. The molecule has 3 rings (SSSR count). The number of alkyl carbamates (subject to hydrolysis) is 1. The fraction of sp³-hybridized carbons (Fsp3) is 0.789. The number of unbranched alkanes of at least 4 members (excludes halogenated alkanes) is 1. The van der Waals surface area contributed by atoms with Crippen molar-refractivity contribution in [3.05, 3.63) is 11.8 Å². The van der Waals surface area contributed by atoms with Crippen LogP contribution in [0.4, 0.5) is 9.59 Å². The first-order valence-electron chi connectivity index (χ1n) is 10.3. The molecule has 2 fully saturated rings. The number of urea groups is 1. The molecular weight excluding hydrogens is 378 g/mol. The predicted octanol–water partition coefficient (Wildman–Crippen LogP) is 2.81. The van der Waals surface area contributed by atoms with Crippen molar-refractivity contribution in [2.24, 2.45) is 0 Å². The third-order valence-electron chi connectivity index (χ3n) is 4.83. The van der Waals surface area contributed by atoms with E-state index in [0.717, 1.165) is 25.7 Å². The molecule has 3 amide bonds. The Kier molecular flexibility index (Phi) is 6.61. The minimum atomic E-state index is -0.545. The summed E-state index contributed by atoms with van der Waals surface area (Å²) in [6.07, 6.45) is 3.43. The minimum absolute atomic E-state index is 0.0797. The third kappa shape index (κ3) is 5.37. The van der Waals surface area contributed by atoms with Crippen LogP contribution in [-0.2, 0) is 16.0 Å². The predicted molar refractivity (Wildman–Crippen MR) is 103 cm³/mol. The maximum absolute atomic E-state index is 12.7. The summed E-state index contributed by atoms with van der Waals surface area (Å²) >= 11 is 0. The summed E-state index contributed by atoms with van der Waals surface area (Å²) in [5.74, 6) is 0.848. The molecule has 1 N–H and O–H groups in total. The molecule has 0 unspecified atom stereocenters. The van der Waals surface area contributed by atoms with E-state index in [1.165, 1.54) is 5.06 Å². The van der Waals surface area contributed by atoms with Crippen LogP contribution in [0.15, 0.2) is 4.42 Å². The summed E-state index contributed by atoms with van der Waals surface area (Å²) in [6.45, 7) is 8.98. The van der Waals surface area contributed by atoms with Crippen LogP contribution in [0.3, 0.4) is 0 Å². The fourth-order valence-corrected chi connectivity index (χ4v) is 3.45. The zero-order chi connectivity index (χ0) is 21.0. The highest BCUT2D eigenvalue weighted by Crippen LogP contribution is 2.37. The molecule has 1 aromatic rings. The van der Waals surface area contributed by atoms with Crippen LogP contribution < -0.4 is 5.32 Å². The van der Waals surface area contributed by atoms with E-state index >= 15 is 0 Å². The molecule has 10 heteroatoms. The normalized spacial score (nSPS) is 21.6. The van der Waals surface area contributed by atoms with Gasteiger partial charge in [-0.25, -0.2) is 9.59 Å². The van der Waals surface area contributed by atoms with E-state index in [2.05, 4.69) is 22.4 Å². The van der Waals surface area contributed by atoms with Crippen LogP contribution >= 0.6 is 0 Å². The SMILES string of the molecule is CCCCON1C(=O)N2C[C@@H]1CC[C@H]2c1nnc(CCNC(=O)OC(C)(C)C)o1. The van der Waals surface area contributed by atoms with E-state index < -0.39 is 11.7 Å². The minimum Gasteiger partial charge on any atom is -0.444 e. The van der Waals surface area contributed by atoms with Crippen LogP contribution in [0, 0.1) is 0 Å². The number of amides is 3. The van der Waals surface area contributed by atoms with Crippen LogP contribution in [0.25, 0.3) is 0 Å². The lowest BCUT2D eigenvalue weighted by atomic mass is 10.0. The molecule has 0 aromatic carbocycles. The number of ether oxygens (including phenoxy) is 1. The summed E-state index contributed by atoms with van der Waals surface area (Å²) in [6, 6.07) is -0.297. The zero-order valence-corrected chi connectivity index (χ0v) is 17.6. The number of fused-ring (bicyclic) bond motifs is 2. The first-order valence-corrected chi connectivity index (χ1v) is 10.3. The largest absolute Gasteiger partial charge is 0.444 e. The van der Waals surface area contributed by atoms with Gasteiger partial charge in [-0.05, 0) is 40.0 Å². The highest BCUT2D eigenvalue weighted by Gasteiger charge is 2.47. The number of hydroxylamine groups is 2. The van der Waals surface area contributed by atoms with Gasteiger partial charge in [0.15, 0.2) is 0 Å². The molecule has 2 aliphatic rings. The number of carbonyl (C=O) groups is 2. The highest BCUT2D eigenvalue weighted by molar-refractivity contribution is 5.77. The van der Waals surface area contributed by atoms with E-state index in [0.29, 0.717) is 37.9 Å². The van der Waals surface area contributed by atoms with Crippen molar-refractivity contribution < 1.29 is 23.6 Å². The molecule has 10 nitrogen and oxygen atoms in total. The average molecular weight is 409 g/mol. The summed E-state index contributed by atoms with van der Waals surface area (Å²) in [5.41, 5.74) is -0.545. The Morgan fingerprint density at radius 3 is 2.83 bits per heavy atom. The Bertz CT molecular complexity index is 716. The van der Waals surface area contributed by atoms with Crippen molar-refractivity contribution in [1.29, 1.82) is 0 Å². The van der Waals surface area contributed by atoms with Crippen molar-refractivity contribution in [1.82, 2.24) is 25.5 Å². The second kappa shape index (κ2) is 8.98. The Morgan fingerprint density at radius 2 is 2.10 bits per heavy atom. The van der Waals surface area contributed by atoms with Gasteiger partial charge in [0.2, 0.25) is 11.8 Å². The van der Waals surface area contributed by atoms with Crippen molar-refractivity contribution in [2.75, 3.05) is 19.7 Å². The Morgan fingerprint density at radius 1 is 1.31 bits per heavy atom. The fourth-order valence-electron chi connectivity index (χ4n) is 3.45. The number of carbonyl (C=O) groups excluding carboxylic acids is 2. The van der Waals surface area contributed by atoms with Crippen molar-refractivity contribution in [3.8, 4) is 0 Å². The van der Waals surface area contributed by atoms with Crippen molar-refractivity contribution in [3.63, 3.8) is 0 Å². The number of hydrogen-bond acceptors (Lipinski definition) is 7. The van der Waals surface area contributed by atoms with Gasteiger partial charge in [-0.15, -0.1) is 10.2 Å². The van der Waals surface area contributed by atoms with Gasteiger partial charge in [0.25, 0.3) is 0 Å². The van der Waals surface area contributed by atoms with E-state index in [4.69, 9.17) is 14.0 Å². The van der Waals surface area contributed by atoms with Gasteiger partial charge in [-0.3, -0.25) is 4.84 Å². The summed E-state index contributed by atoms with van der Waals surface area (Å²) in [7, 11) is 0. The molecule has 3 heterocycles. The van der Waals surface area contributed by atoms with Gasteiger partial charge in [0.1, 0.15) is 11.6 Å². The smallest absolute Gasteiger partial charge is 0.407 e. The van der Waals surface area contributed by atoms with Crippen molar-refractivity contribution in [2.45, 2.75) is 77.5 Å². The second-order valence-corrected chi connectivity index (χ2v) is 8.41. The van der Waals surface area contributed by atoms with Crippen LogP contribution in [0.5, 0.6) is 0 Å². The van der Waals surface area contributed by atoms with Gasteiger partial charge in [0, 0.05) is 19.5 Å². The topological polar surface area (TPSA) is 110 Å². The number of hydrogen-bond donors (Lipinski definition) is 1. The van der Waals surface area contributed by atoms with Crippen LogP contribution in [0.2, 0.25) is 0 Å². The average Bonchev–Trinajstić information content (AvgIpc) is 3.20. The molecule has 162 valence electrons. The summed E-state index contributed by atoms with van der Waals surface area (Å²) in [5, 5.41) is 12.4.